The molecule has 11 heteroatoms. The fraction of sp³-hybridized carbons (Fsp3) is 0.536. The number of halogens is 1. The largest absolute Gasteiger partial charge is 0.488 e. The average Bonchev–Trinajstić information content (AvgIpc) is 3.30. The molecule has 210 valence electrons. The molecule has 3 heterocycles. The second-order valence-corrected chi connectivity index (χ2v) is 11.0. The number of rotatable bonds is 10. The Morgan fingerprint density at radius 3 is 2.72 bits per heavy atom. The van der Waals surface area contributed by atoms with Gasteiger partial charge in [-0.3, -0.25) is 9.69 Å². The number of morpholine rings is 1. The molecule has 1 aromatic carbocycles. The fourth-order valence-corrected chi connectivity index (χ4v) is 6.25. The highest BCUT2D eigenvalue weighted by atomic mass is 32.1. The zero-order valence-electron chi connectivity index (χ0n) is 22.5. The predicted molar refractivity (Wildman–Crippen MR) is 150 cm³/mol. The second kappa shape index (κ2) is 13.0. The summed E-state index contributed by atoms with van der Waals surface area (Å²) in [6, 6.07) is 4.45. The van der Waals surface area contributed by atoms with E-state index in [0.717, 1.165) is 75.9 Å². The number of amides is 1. The molecular formula is C28H36FN5O4S. The number of anilines is 2. The van der Waals surface area contributed by atoms with Gasteiger partial charge in [0.05, 0.1) is 41.4 Å². The molecule has 1 aliphatic carbocycles. The first-order chi connectivity index (χ1) is 19.0. The van der Waals surface area contributed by atoms with Crippen molar-refractivity contribution in [2.45, 2.75) is 51.2 Å². The third-order valence-electron chi connectivity index (χ3n) is 7.42. The van der Waals surface area contributed by atoms with Gasteiger partial charge in [-0.25, -0.2) is 14.4 Å². The smallest absolute Gasteiger partial charge is 0.261 e. The Kier molecular flexibility index (Phi) is 9.23. The van der Waals surface area contributed by atoms with Gasteiger partial charge in [0.2, 0.25) is 0 Å². The van der Waals surface area contributed by atoms with Gasteiger partial charge in [-0.2, -0.15) is 0 Å². The van der Waals surface area contributed by atoms with Crippen molar-refractivity contribution in [1.29, 1.82) is 0 Å². The number of ether oxygens (including phenoxy) is 3. The van der Waals surface area contributed by atoms with Crippen molar-refractivity contribution in [3.8, 4) is 5.75 Å². The maximum absolute atomic E-state index is 14.2. The predicted octanol–water partition coefficient (Wildman–Crippen LogP) is 4.67. The van der Waals surface area contributed by atoms with Gasteiger partial charge in [-0.1, -0.05) is 0 Å². The number of methoxy groups -OCH3 is 1. The van der Waals surface area contributed by atoms with Crippen LogP contribution in [-0.4, -0.2) is 79.5 Å². The van der Waals surface area contributed by atoms with Crippen molar-refractivity contribution in [1.82, 2.24) is 20.2 Å². The Hall–Kier alpha value is -2.86. The van der Waals surface area contributed by atoms with Crippen molar-refractivity contribution >= 4 is 39.0 Å². The van der Waals surface area contributed by atoms with Gasteiger partial charge < -0.3 is 24.8 Å². The lowest BCUT2D eigenvalue weighted by atomic mass is 9.95. The molecule has 39 heavy (non-hydrogen) atoms. The Balaban J connectivity index is 1.28. The number of carbonyl (C=O) groups is 1. The van der Waals surface area contributed by atoms with Crippen LogP contribution in [0.4, 0.5) is 15.9 Å². The minimum absolute atomic E-state index is 0.00871. The van der Waals surface area contributed by atoms with Gasteiger partial charge in [0.15, 0.2) is 0 Å². The molecule has 1 saturated carbocycles. The monoisotopic (exact) mass is 557 g/mol. The molecular weight excluding hydrogens is 521 g/mol. The van der Waals surface area contributed by atoms with Crippen LogP contribution < -0.4 is 15.4 Å². The molecule has 2 N–H and O–H groups in total. The van der Waals surface area contributed by atoms with Crippen LogP contribution in [0.2, 0.25) is 0 Å². The minimum Gasteiger partial charge on any atom is -0.488 e. The van der Waals surface area contributed by atoms with Gasteiger partial charge in [-0.15, -0.1) is 11.3 Å². The van der Waals surface area contributed by atoms with Crippen molar-refractivity contribution in [2.75, 3.05) is 51.8 Å². The first kappa shape index (κ1) is 27.7. The molecule has 9 nitrogen and oxygen atoms in total. The number of aryl methyl sites for hydroxylation is 1. The number of hydrogen-bond donors (Lipinski definition) is 2. The summed E-state index contributed by atoms with van der Waals surface area (Å²) in [7, 11) is 1.73. The first-order valence-corrected chi connectivity index (χ1v) is 14.4. The van der Waals surface area contributed by atoms with Gasteiger partial charge in [0.1, 0.15) is 28.5 Å². The van der Waals surface area contributed by atoms with E-state index in [1.165, 1.54) is 29.8 Å². The van der Waals surface area contributed by atoms with Gasteiger partial charge in [0, 0.05) is 32.8 Å². The van der Waals surface area contributed by atoms with Crippen LogP contribution in [0, 0.1) is 12.7 Å². The normalized spacial score (nSPS) is 20.2. The van der Waals surface area contributed by atoms with Crippen molar-refractivity contribution < 1.29 is 23.4 Å². The van der Waals surface area contributed by atoms with E-state index in [9.17, 15) is 9.18 Å². The molecule has 2 aromatic heterocycles. The standard InChI is InChI=1S/C28H36FN5O4S/c1-18-24-26(33-22-9-4-19(29)16-23(22)38-21-7-5-20(36-2)6-8-21)31-17-32-28(24)39-25(18)27(35)30-10-3-11-34-12-14-37-15-13-34/h4,9,16-17,20-21H,3,5-8,10-15H2,1-2H3,(H,30,35)(H,31,32,33)/t20-,21-. The maximum Gasteiger partial charge on any atom is 0.261 e. The number of aromatic nitrogens is 2. The summed E-state index contributed by atoms with van der Waals surface area (Å²) in [6.45, 7) is 6.86. The lowest BCUT2D eigenvalue weighted by Crippen LogP contribution is -2.38. The fourth-order valence-electron chi connectivity index (χ4n) is 5.18. The lowest BCUT2D eigenvalue weighted by molar-refractivity contribution is 0.0329. The molecule has 0 unspecified atom stereocenters. The number of thiophene rings is 1. The highest BCUT2D eigenvalue weighted by Gasteiger charge is 2.24. The van der Waals surface area contributed by atoms with E-state index >= 15 is 0 Å². The Morgan fingerprint density at radius 1 is 1.18 bits per heavy atom. The minimum atomic E-state index is -0.367. The van der Waals surface area contributed by atoms with Crippen molar-refractivity contribution in [2.24, 2.45) is 0 Å². The zero-order valence-corrected chi connectivity index (χ0v) is 23.3. The molecule has 0 atom stereocenters. The number of hydrogen-bond acceptors (Lipinski definition) is 9. The maximum atomic E-state index is 14.2. The number of fused-ring (bicyclic) bond motifs is 1. The molecule has 1 aliphatic heterocycles. The summed E-state index contributed by atoms with van der Waals surface area (Å²) in [5.74, 6) is 0.516. The van der Waals surface area contributed by atoms with Gasteiger partial charge in [-0.05, 0) is 63.3 Å². The highest BCUT2D eigenvalue weighted by molar-refractivity contribution is 7.20. The summed E-state index contributed by atoms with van der Waals surface area (Å²) in [5, 5.41) is 7.15. The van der Waals surface area contributed by atoms with Crippen molar-refractivity contribution in [3.05, 3.63) is 40.8 Å². The Labute approximate surface area is 232 Å². The van der Waals surface area contributed by atoms with E-state index in [1.54, 1.807) is 13.2 Å². The molecule has 1 saturated heterocycles. The highest BCUT2D eigenvalue weighted by Crippen LogP contribution is 2.37. The summed E-state index contributed by atoms with van der Waals surface area (Å²) < 4.78 is 31.3. The van der Waals surface area contributed by atoms with E-state index in [0.29, 0.717) is 33.5 Å². The van der Waals surface area contributed by atoms with Crippen LogP contribution in [0.25, 0.3) is 10.2 Å². The topological polar surface area (TPSA) is 97.8 Å². The van der Waals surface area contributed by atoms with Gasteiger partial charge >= 0.3 is 0 Å². The third-order valence-corrected chi connectivity index (χ3v) is 8.62. The van der Waals surface area contributed by atoms with Crippen molar-refractivity contribution in [3.63, 3.8) is 0 Å². The summed E-state index contributed by atoms with van der Waals surface area (Å²) in [4.78, 5) is 25.6. The quantitative estimate of drug-likeness (QED) is 0.347. The number of benzene rings is 1. The lowest BCUT2D eigenvalue weighted by Gasteiger charge is -2.28. The van der Waals surface area contributed by atoms with Crippen LogP contribution in [0.3, 0.4) is 0 Å². The molecule has 0 radical (unpaired) electrons. The van der Waals surface area contributed by atoms with Gasteiger partial charge in [0.25, 0.3) is 5.91 Å². The molecule has 0 bridgehead atoms. The molecule has 1 amide bonds. The number of nitrogens with one attached hydrogen (secondary N) is 2. The van der Waals surface area contributed by atoms with Crippen LogP contribution in [-0.2, 0) is 9.47 Å². The Bertz CT molecular complexity index is 1270. The molecule has 3 aromatic rings. The van der Waals surface area contributed by atoms with Crippen LogP contribution in [0.5, 0.6) is 5.75 Å². The Morgan fingerprint density at radius 2 is 1.95 bits per heavy atom. The summed E-state index contributed by atoms with van der Waals surface area (Å²) in [6.07, 6.45) is 6.12. The van der Waals surface area contributed by atoms with E-state index in [2.05, 4.69) is 25.5 Å². The van der Waals surface area contributed by atoms with Crippen LogP contribution in [0.15, 0.2) is 24.5 Å². The van der Waals surface area contributed by atoms with Crippen LogP contribution in [0.1, 0.15) is 47.3 Å². The van der Waals surface area contributed by atoms with E-state index in [-0.39, 0.29) is 23.9 Å². The van der Waals surface area contributed by atoms with E-state index < -0.39 is 0 Å². The summed E-state index contributed by atoms with van der Waals surface area (Å²) in [5.41, 5.74) is 1.43. The molecule has 5 rings (SSSR count). The second-order valence-electron chi connectivity index (χ2n) is 10.0. The van der Waals surface area contributed by atoms with E-state index in [1.807, 2.05) is 6.92 Å². The third kappa shape index (κ3) is 6.84. The number of carbonyl (C=O) groups excluding carboxylic acids is 1. The van der Waals surface area contributed by atoms with Crippen LogP contribution >= 0.6 is 11.3 Å². The average molecular weight is 558 g/mol. The molecule has 2 fully saturated rings. The summed E-state index contributed by atoms with van der Waals surface area (Å²) >= 11 is 1.35. The molecule has 2 aliphatic rings. The molecule has 0 spiro atoms. The number of nitrogens with zero attached hydrogens (tertiary/aromatic N) is 3. The SMILES string of the molecule is CO[C@H]1CC[C@H](Oc2cc(F)ccc2Nc2ncnc3sc(C(=O)NCCCN4CCOCC4)c(C)c23)CC1. The zero-order chi connectivity index (χ0) is 27.2. The van der Waals surface area contributed by atoms with E-state index in [4.69, 9.17) is 14.2 Å². The first-order valence-electron chi connectivity index (χ1n) is 13.6.